The lowest BCUT2D eigenvalue weighted by Gasteiger charge is -2.44. The number of carbonyl (C=O) groups is 8. The van der Waals surface area contributed by atoms with Gasteiger partial charge < -0.3 is 58.6 Å². The van der Waals surface area contributed by atoms with Crippen LogP contribution < -0.4 is 10.6 Å². The van der Waals surface area contributed by atoms with E-state index in [0.717, 1.165) is 16.7 Å². The molecule has 0 spiro atoms. The highest BCUT2D eigenvalue weighted by atomic mass is 16.7. The number of benzene rings is 3. The average Bonchev–Trinajstić information content (AvgIpc) is 3.91. The second-order valence-corrected chi connectivity index (χ2v) is 21.2. The molecule has 6 heterocycles. The van der Waals surface area contributed by atoms with Crippen molar-refractivity contribution in [2.24, 2.45) is 0 Å². The van der Waals surface area contributed by atoms with Crippen LogP contribution in [0.3, 0.4) is 0 Å². The molecule has 5 fully saturated rings. The van der Waals surface area contributed by atoms with Gasteiger partial charge >= 0.3 is 5.97 Å². The van der Waals surface area contributed by atoms with Crippen LogP contribution in [0, 0.1) is 0 Å². The van der Waals surface area contributed by atoms with Gasteiger partial charge in [-0.25, -0.2) is 4.98 Å². The Kier molecular flexibility index (Phi) is 18.3. The molecule has 1 aromatic heterocycles. The van der Waals surface area contributed by atoms with E-state index in [1.165, 1.54) is 38.7 Å². The van der Waals surface area contributed by atoms with Crippen LogP contribution in [-0.4, -0.2) is 197 Å². The predicted octanol–water partition coefficient (Wildman–Crippen LogP) is 1.95. The second kappa shape index (κ2) is 24.7. The summed E-state index contributed by atoms with van der Waals surface area (Å²) < 4.78 is 24.4. The van der Waals surface area contributed by atoms with Crippen molar-refractivity contribution in [3.05, 3.63) is 126 Å². The van der Waals surface area contributed by atoms with E-state index in [0.29, 0.717) is 5.69 Å². The first-order valence-corrected chi connectivity index (χ1v) is 25.7. The molecular formula is C56H71N9O12. The molecule has 5 aliphatic heterocycles. The van der Waals surface area contributed by atoms with Gasteiger partial charge in [-0.05, 0) is 58.2 Å². The van der Waals surface area contributed by atoms with Gasteiger partial charge in [0.15, 0.2) is 6.29 Å². The molecule has 7 amide bonds. The predicted molar refractivity (Wildman–Crippen MR) is 280 cm³/mol. The fourth-order valence-electron chi connectivity index (χ4n) is 9.92. The number of imidazole rings is 1. The number of methoxy groups -OCH3 is 2. The number of aromatic nitrogens is 2. The highest BCUT2D eigenvalue weighted by molar-refractivity contribution is 5.98. The number of nitrogens with one attached hydrogen (secondary N) is 2. The van der Waals surface area contributed by atoms with Crippen molar-refractivity contribution >= 4 is 47.3 Å². The Morgan fingerprint density at radius 2 is 1.19 bits per heavy atom. The Balaban J connectivity index is 1.29. The number of amides is 7. The molecule has 0 saturated carbocycles. The number of hydrogen-bond donors (Lipinski definition) is 2. The number of piperazine rings is 2. The third-order valence-electron chi connectivity index (χ3n) is 13.5. The molecule has 4 aromatic rings. The molecule has 3 atom stereocenters. The Bertz CT molecular complexity index is 2640. The van der Waals surface area contributed by atoms with Crippen molar-refractivity contribution in [3.8, 4) is 0 Å². The summed E-state index contributed by atoms with van der Waals surface area (Å²) in [5.41, 5.74) is 0.605. The summed E-state index contributed by atoms with van der Waals surface area (Å²) in [6, 6.07) is 25.7. The summed E-state index contributed by atoms with van der Waals surface area (Å²) in [6.07, 6.45) is 1.78. The van der Waals surface area contributed by atoms with Gasteiger partial charge in [0.2, 0.25) is 41.4 Å². The number of nitrogens with zero attached hydrogens (tertiary/aromatic N) is 7. The zero-order valence-corrected chi connectivity index (χ0v) is 45.1. The molecular weight excluding hydrogens is 991 g/mol. The maximum atomic E-state index is 15.2. The van der Waals surface area contributed by atoms with E-state index in [2.05, 4.69) is 10.6 Å². The highest BCUT2D eigenvalue weighted by Crippen LogP contribution is 2.41. The molecule has 21 nitrogen and oxygen atoms in total. The quantitative estimate of drug-likeness (QED) is 0.0930. The fraction of sp³-hybridized carbons (Fsp3) is 0.482. The summed E-state index contributed by atoms with van der Waals surface area (Å²) in [4.78, 5) is 125. The molecule has 412 valence electrons. The van der Waals surface area contributed by atoms with E-state index < -0.39 is 121 Å². The van der Waals surface area contributed by atoms with E-state index >= 15 is 4.79 Å². The van der Waals surface area contributed by atoms with Crippen LogP contribution in [-0.2, 0) is 69.3 Å². The molecule has 0 aliphatic carbocycles. The molecule has 21 heteroatoms. The third-order valence-corrected chi connectivity index (χ3v) is 13.5. The van der Waals surface area contributed by atoms with Crippen LogP contribution in [0.2, 0.25) is 0 Å². The number of fused-ring (bicyclic) bond motifs is 2. The van der Waals surface area contributed by atoms with E-state index in [9.17, 15) is 33.6 Å². The van der Waals surface area contributed by atoms with E-state index in [-0.39, 0.29) is 45.8 Å². The smallest absolute Gasteiger partial charge is 0.325 e. The minimum absolute atomic E-state index is 0.0816. The number of rotatable bonds is 16. The SMILES string of the molecule is COC(CN1CC(=O)N2CCN(CC(=O)N3CCN(CC(=O)N[C@@H](COC(C)(C)C)C1=O)C(=O)[C@@H]3CC(=O)NCC(=O)OC(C)(C)C)C(=O)[C@@H]2Cc1cn(C(c2ccccc2)(c2ccccc2)c2ccccc2)cn1)OC. The van der Waals surface area contributed by atoms with Gasteiger partial charge in [0.25, 0.3) is 0 Å². The first-order chi connectivity index (χ1) is 36.6. The zero-order chi connectivity index (χ0) is 55.7. The molecule has 2 N–H and O–H groups in total. The Labute approximate surface area is 449 Å². The topological polar surface area (TPSA) is 232 Å². The normalized spacial score (nSPS) is 19.4. The molecule has 0 unspecified atom stereocenters. The summed E-state index contributed by atoms with van der Waals surface area (Å²) in [7, 11) is 2.74. The molecule has 9 rings (SSSR count). The number of esters is 1. The summed E-state index contributed by atoms with van der Waals surface area (Å²) in [6.45, 7) is 7.00. The van der Waals surface area contributed by atoms with Crippen molar-refractivity contribution in [2.75, 3.05) is 79.7 Å². The number of ether oxygens (including phenoxy) is 4. The van der Waals surface area contributed by atoms with Crippen LogP contribution >= 0.6 is 0 Å². The Morgan fingerprint density at radius 1 is 0.675 bits per heavy atom. The van der Waals surface area contributed by atoms with E-state index in [1.807, 2.05) is 102 Å². The van der Waals surface area contributed by atoms with Gasteiger partial charge in [0.1, 0.15) is 42.4 Å². The van der Waals surface area contributed by atoms with E-state index in [1.54, 1.807) is 47.9 Å². The molecule has 5 aliphatic rings. The van der Waals surface area contributed by atoms with Crippen molar-refractivity contribution in [2.45, 2.75) is 95.5 Å². The minimum atomic E-state index is -1.46. The second-order valence-electron chi connectivity index (χ2n) is 21.2. The lowest BCUT2D eigenvalue weighted by molar-refractivity contribution is -0.162. The summed E-state index contributed by atoms with van der Waals surface area (Å²) in [5.74, 6) is -5.62. The van der Waals surface area contributed by atoms with Gasteiger partial charge in [-0.2, -0.15) is 0 Å². The molecule has 3 aromatic carbocycles. The lowest BCUT2D eigenvalue weighted by Crippen LogP contribution is -2.66. The van der Waals surface area contributed by atoms with Crippen LogP contribution in [0.5, 0.6) is 0 Å². The zero-order valence-electron chi connectivity index (χ0n) is 45.1. The van der Waals surface area contributed by atoms with Gasteiger partial charge in [-0.1, -0.05) is 91.0 Å². The third kappa shape index (κ3) is 13.9. The average molecular weight is 1060 g/mol. The maximum Gasteiger partial charge on any atom is 0.325 e. The highest BCUT2D eigenvalue weighted by Gasteiger charge is 2.45. The standard InChI is InChI=1S/C56H71N9O12/c1-54(2,3)76-36-42-51(71)62(35-50(74-7)75-8)34-48(69)64-27-25-61(33-47(68)65-26-24-60(32-46(67)59-42)53(73)44(65)29-45(66)57-30-49(70)77-55(4,5)6)52(72)43(64)28-41-31-63(37-58-41)56(38-18-12-9-13-19-38,39-20-14-10-15-21-39)40-22-16-11-17-23-40/h9-23,31,37,42-44,50H,24-30,32-36H2,1-8H3,(H,57,66)(H,59,67)/t42-,43-,44-/m0/s1. The molecule has 0 radical (unpaired) electrons. The largest absolute Gasteiger partial charge is 0.459 e. The molecule has 77 heavy (non-hydrogen) atoms. The van der Waals surface area contributed by atoms with Crippen molar-refractivity contribution in [1.29, 1.82) is 0 Å². The summed E-state index contributed by atoms with van der Waals surface area (Å²) >= 11 is 0. The van der Waals surface area contributed by atoms with Gasteiger partial charge in [0, 0.05) is 53.0 Å². The lowest BCUT2D eigenvalue weighted by atomic mass is 9.77. The van der Waals surface area contributed by atoms with Crippen molar-refractivity contribution in [3.63, 3.8) is 0 Å². The van der Waals surface area contributed by atoms with Gasteiger partial charge in [-0.15, -0.1) is 0 Å². The van der Waals surface area contributed by atoms with Crippen LogP contribution in [0.25, 0.3) is 0 Å². The van der Waals surface area contributed by atoms with Crippen molar-refractivity contribution < 1.29 is 57.3 Å². The number of hydrogen-bond acceptors (Lipinski definition) is 13. The Morgan fingerprint density at radius 3 is 1.73 bits per heavy atom. The molecule has 5 saturated heterocycles. The van der Waals surface area contributed by atoms with Gasteiger partial charge in [0.05, 0.1) is 50.3 Å². The van der Waals surface area contributed by atoms with Crippen molar-refractivity contribution in [1.82, 2.24) is 44.7 Å². The Hall–Kier alpha value is -7.49. The van der Waals surface area contributed by atoms with Crippen LogP contribution in [0.15, 0.2) is 104 Å². The van der Waals surface area contributed by atoms with Gasteiger partial charge in [-0.3, -0.25) is 38.4 Å². The first kappa shape index (κ1) is 57.2. The molecule has 4 bridgehead atoms. The summed E-state index contributed by atoms with van der Waals surface area (Å²) in [5, 5.41) is 5.18. The maximum absolute atomic E-state index is 15.2. The first-order valence-electron chi connectivity index (χ1n) is 25.7. The number of carbonyl (C=O) groups excluding carboxylic acids is 8. The fourth-order valence-corrected chi connectivity index (χ4v) is 9.92. The monoisotopic (exact) mass is 1060 g/mol. The van der Waals surface area contributed by atoms with Crippen LogP contribution in [0.1, 0.15) is 70.3 Å². The van der Waals surface area contributed by atoms with Crippen LogP contribution in [0.4, 0.5) is 0 Å². The van der Waals surface area contributed by atoms with E-state index in [4.69, 9.17) is 23.9 Å². The minimum Gasteiger partial charge on any atom is -0.459 e.